The van der Waals surface area contributed by atoms with Crippen LogP contribution in [0.1, 0.15) is 21.5 Å². The number of carbonyl (C=O) groups is 1. The van der Waals surface area contributed by atoms with Gasteiger partial charge in [-0.25, -0.2) is 9.18 Å². The molecule has 110 valence electrons. The summed E-state index contributed by atoms with van der Waals surface area (Å²) in [4.78, 5) is 12.1. The molecular weight excluding hydrogens is 405 g/mol. The zero-order valence-corrected chi connectivity index (χ0v) is 14.3. The van der Waals surface area contributed by atoms with Crippen LogP contribution in [0.4, 0.5) is 10.1 Å². The van der Waals surface area contributed by atoms with Gasteiger partial charge in [0.05, 0.1) is 10.0 Å². The summed E-state index contributed by atoms with van der Waals surface area (Å²) in [6.45, 7) is 1.72. The number of hydrogen-bond donors (Lipinski definition) is 1. The average Bonchev–Trinajstić information content (AvgIpc) is 2.44. The lowest BCUT2D eigenvalue weighted by Crippen LogP contribution is -2.09. The number of benzene rings is 2. The van der Waals surface area contributed by atoms with Crippen molar-refractivity contribution in [3.05, 3.63) is 61.8 Å². The summed E-state index contributed by atoms with van der Waals surface area (Å²) < 4.78 is 19.6. The number of ether oxygens (including phenoxy) is 1. The lowest BCUT2D eigenvalue weighted by atomic mass is 10.1. The molecule has 0 saturated heterocycles. The second-order valence-electron chi connectivity index (χ2n) is 4.46. The Morgan fingerprint density at radius 1 is 1.33 bits per heavy atom. The molecule has 0 heterocycles. The molecule has 0 saturated carbocycles. The first-order valence-corrected chi connectivity index (χ1v) is 7.64. The predicted octanol–water partition coefficient (Wildman–Crippen LogP) is 4.60. The summed E-state index contributed by atoms with van der Waals surface area (Å²) in [5, 5.41) is 0. The fraction of sp³-hybridized carbons (Fsp3) is 0.133. The lowest BCUT2D eigenvalue weighted by Gasteiger charge is -2.11. The van der Waals surface area contributed by atoms with Gasteiger partial charge in [0.15, 0.2) is 0 Å². The van der Waals surface area contributed by atoms with Crippen LogP contribution in [-0.4, -0.2) is 5.97 Å². The average molecular weight is 417 g/mol. The number of nitrogen functional groups attached to an aromatic ring is 1. The van der Waals surface area contributed by atoms with E-state index in [1.165, 1.54) is 6.07 Å². The van der Waals surface area contributed by atoms with Crippen molar-refractivity contribution in [3.8, 4) is 0 Å². The molecule has 0 fully saturated rings. The highest BCUT2D eigenvalue weighted by Crippen LogP contribution is 2.25. The van der Waals surface area contributed by atoms with Crippen molar-refractivity contribution in [2.45, 2.75) is 13.5 Å². The molecule has 0 aliphatic carbocycles. The highest BCUT2D eigenvalue weighted by Gasteiger charge is 2.15. The summed E-state index contributed by atoms with van der Waals surface area (Å²) in [5.74, 6) is -0.900. The maximum atomic E-state index is 13.4. The van der Waals surface area contributed by atoms with E-state index in [1.54, 1.807) is 31.2 Å². The Labute approximate surface area is 138 Å². The van der Waals surface area contributed by atoms with Crippen molar-refractivity contribution < 1.29 is 13.9 Å². The molecule has 2 aromatic carbocycles. The van der Waals surface area contributed by atoms with Gasteiger partial charge >= 0.3 is 5.97 Å². The number of anilines is 1. The van der Waals surface area contributed by atoms with E-state index in [0.29, 0.717) is 31.3 Å². The van der Waals surface area contributed by atoms with E-state index in [2.05, 4.69) is 31.9 Å². The maximum absolute atomic E-state index is 13.4. The lowest BCUT2D eigenvalue weighted by molar-refractivity contribution is 0.0470. The van der Waals surface area contributed by atoms with Gasteiger partial charge in [-0.2, -0.15) is 0 Å². The molecule has 2 N–H and O–H groups in total. The highest BCUT2D eigenvalue weighted by molar-refractivity contribution is 9.10. The third-order valence-electron chi connectivity index (χ3n) is 3.02. The number of hydrogen-bond acceptors (Lipinski definition) is 3. The van der Waals surface area contributed by atoms with E-state index in [9.17, 15) is 9.18 Å². The fourth-order valence-corrected chi connectivity index (χ4v) is 2.65. The second kappa shape index (κ2) is 6.58. The number of esters is 1. The van der Waals surface area contributed by atoms with Crippen LogP contribution in [0.5, 0.6) is 0 Å². The molecule has 0 aliphatic rings. The molecule has 0 amide bonds. The topological polar surface area (TPSA) is 52.3 Å². The van der Waals surface area contributed by atoms with Crippen LogP contribution >= 0.6 is 31.9 Å². The fourth-order valence-electron chi connectivity index (χ4n) is 1.79. The van der Waals surface area contributed by atoms with E-state index in [0.717, 1.165) is 0 Å². The first kappa shape index (κ1) is 16.0. The quantitative estimate of drug-likeness (QED) is 0.587. The molecule has 2 aromatic rings. The zero-order valence-electron chi connectivity index (χ0n) is 11.1. The molecule has 0 radical (unpaired) electrons. The third-order valence-corrected chi connectivity index (χ3v) is 4.37. The SMILES string of the molecule is Cc1c(N)cc(Br)cc1C(=O)OCc1cccc(F)c1Br. The zero-order chi connectivity index (χ0) is 15.6. The minimum absolute atomic E-state index is 0.0248. The Morgan fingerprint density at radius 3 is 2.76 bits per heavy atom. The Balaban J connectivity index is 2.18. The molecule has 2 rings (SSSR count). The smallest absolute Gasteiger partial charge is 0.338 e. The number of nitrogens with two attached hydrogens (primary N) is 1. The summed E-state index contributed by atoms with van der Waals surface area (Å²) in [5.41, 5.74) is 7.92. The highest BCUT2D eigenvalue weighted by atomic mass is 79.9. The van der Waals surface area contributed by atoms with Crippen LogP contribution in [0.15, 0.2) is 39.3 Å². The minimum Gasteiger partial charge on any atom is -0.457 e. The van der Waals surface area contributed by atoms with Crippen molar-refractivity contribution in [2.24, 2.45) is 0 Å². The van der Waals surface area contributed by atoms with E-state index < -0.39 is 11.8 Å². The largest absolute Gasteiger partial charge is 0.457 e. The van der Waals surface area contributed by atoms with E-state index in [4.69, 9.17) is 10.5 Å². The number of halogens is 3. The first-order valence-electron chi connectivity index (χ1n) is 6.05. The van der Waals surface area contributed by atoms with Crippen molar-refractivity contribution >= 4 is 43.5 Å². The van der Waals surface area contributed by atoms with Crippen molar-refractivity contribution in [1.29, 1.82) is 0 Å². The van der Waals surface area contributed by atoms with Crippen LogP contribution in [0.25, 0.3) is 0 Å². The molecular formula is C15H12Br2FNO2. The summed E-state index contributed by atoms with van der Waals surface area (Å²) in [6.07, 6.45) is 0. The molecule has 0 aromatic heterocycles. The molecule has 0 spiro atoms. The third kappa shape index (κ3) is 3.63. The maximum Gasteiger partial charge on any atom is 0.338 e. The standard InChI is InChI=1S/C15H12Br2FNO2/c1-8-11(5-10(16)6-13(8)19)15(20)21-7-9-3-2-4-12(18)14(9)17/h2-6H,7,19H2,1H3. The van der Waals surface area contributed by atoms with Crippen LogP contribution in [0, 0.1) is 12.7 Å². The first-order chi connectivity index (χ1) is 9.90. The van der Waals surface area contributed by atoms with E-state index >= 15 is 0 Å². The number of carbonyl (C=O) groups excluding carboxylic acids is 1. The summed E-state index contributed by atoms with van der Waals surface area (Å²) in [6, 6.07) is 7.94. The minimum atomic E-state index is -0.503. The molecule has 0 bridgehead atoms. The van der Waals surface area contributed by atoms with Crippen molar-refractivity contribution in [3.63, 3.8) is 0 Å². The molecule has 0 atom stereocenters. The van der Waals surface area contributed by atoms with Crippen LogP contribution in [0.2, 0.25) is 0 Å². The molecule has 6 heteroatoms. The molecule has 3 nitrogen and oxygen atoms in total. The van der Waals surface area contributed by atoms with Gasteiger partial charge in [0.1, 0.15) is 12.4 Å². The number of rotatable bonds is 3. The Morgan fingerprint density at radius 2 is 2.05 bits per heavy atom. The monoisotopic (exact) mass is 415 g/mol. The van der Waals surface area contributed by atoms with Gasteiger partial charge < -0.3 is 10.5 Å². The molecule has 0 unspecified atom stereocenters. The molecule has 21 heavy (non-hydrogen) atoms. The predicted molar refractivity (Wildman–Crippen MR) is 86.5 cm³/mol. The van der Waals surface area contributed by atoms with Crippen molar-refractivity contribution in [1.82, 2.24) is 0 Å². The summed E-state index contributed by atoms with van der Waals surface area (Å²) >= 11 is 6.42. The van der Waals surface area contributed by atoms with E-state index in [1.807, 2.05) is 0 Å². The molecule has 0 aliphatic heterocycles. The summed E-state index contributed by atoms with van der Waals surface area (Å²) in [7, 11) is 0. The van der Waals surface area contributed by atoms with Crippen LogP contribution < -0.4 is 5.73 Å². The van der Waals surface area contributed by atoms with Gasteiger partial charge in [0, 0.05) is 15.7 Å². The van der Waals surface area contributed by atoms with Crippen LogP contribution in [0.3, 0.4) is 0 Å². The Kier molecular flexibility index (Phi) is 5.00. The van der Waals surface area contributed by atoms with Gasteiger partial charge in [-0.05, 0) is 46.6 Å². The van der Waals surface area contributed by atoms with E-state index in [-0.39, 0.29) is 6.61 Å². The van der Waals surface area contributed by atoms with Crippen molar-refractivity contribution in [2.75, 3.05) is 5.73 Å². The van der Waals surface area contributed by atoms with Gasteiger partial charge in [0.25, 0.3) is 0 Å². The van der Waals surface area contributed by atoms with Gasteiger partial charge in [0.2, 0.25) is 0 Å². The normalized spacial score (nSPS) is 10.5. The van der Waals surface area contributed by atoms with Gasteiger partial charge in [-0.15, -0.1) is 0 Å². The van der Waals surface area contributed by atoms with Gasteiger partial charge in [-0.1, -0.05) is 28.1 Å². The van der Waals surface area contributed by atoms with Crippen LogP contribution in [-0.2, 0) is 11.3 Å². The Hall–Kier alpha value is -1.40. The second-order valence-corrected chi connectivity index (χ2v) is 6.17. The Bertz CT molecular complexity index is 704. The van der Waals surface area contributed by atoms with Gasteiger partial charge in [-0.3, -0.25) is 0 Å².